The molecule has 2 rings (SSSR count). The zero-order valence-electron chi connectivity index (χ0n) is 16.5. The highest BCUT2D eigenvalue weighted by atomic mass is 32.2. The van der Waals surface area contributed by atoms with Crippen LogP contribution in [0.5, 0.6) is 0 Å². The average molecular weight is 418 g/mol. The molecule has 0 saturated heterocycles. The summed E-state index contributed by atoms with van der Waals surface area (Å²) in [5.41, 5.74) is 4.72. The fraction of sp³-hybridized carbons (Fsp3) is 0.263. The van der Waals surface area contributed by atoms with Gasteiger partial charge in [0.15, 0.2) is 0 Å². The molecule has 0 spiro atoms. The Morgan fingerprint density at radius 1 is 1.21 bits per heavy atom. The van der Waals surface area contributed by atoms with E-state index in [1.807, 2.05) is 6.92 Å². The van der Waals surface area contributed by atoms with Gasteiger partial charge >= 0.3 is 0 Å². The highest BCUT2D eigenvalue weighted by Gasteiger charge is 2.26. The number of hydrogen-bond acceptors (Lipinski definition) is 6. The number of hydrogen-bond donors (Lipinski definition) is 1. The number of aryl methyl sites for hydroxylation is 3. The van der Waals surface area contributed by atoms with Crippen molar-refractivity contribution in [1.82, 2.24) is 9.73 Å². The van der Waals surface area contributed by atoms with Gasteiger partial charge in [0.05, 0.1) is 22.6 Å². The van der Waals surface area contributed by atoms with Crippen LogP contribution in [-0.2, 0) is 14.8 Å². The van der Waals surface area contributed by atoms with Gasteiger partial charge in [-0.2, -0.15) is 9.41 Å². The van der Waals surface area contributed by atoms with E-state index in [0.29, 0.717) is 16.7 Å². The molecule has 1 amide bonds. The van der Waals surface area contributed by atoms with Gasteiger partial charge in [-0.1, -0.05) is 29.8 Å². The fourth-order valence-corrected chi connectivity index (χ4v) is 4.48. The lowest BCUT2D eigenvalue weighted by molar-refractivity contribution is -0.384. The number of nitro groups is 1. The molecule has 0 saturated carbocycles. The van der Waals surface area contributed by atoms with Crippen molar-refractivity contribution >= 4 is 27.8 Å². The van der Waals surface area contributed by atoms with Crippen LogP contribution >= 0.6 is 0 Å². The normalized spacial score (nSPS) is 11.8. The minimum Gasteiger partial charge on any atom is -0.272 e. The Morgan fingerprint density at radius 2 is 1.83 bits per heavy atom. The maximum Gasteiger partial charge on any atom is 0.270 e. The Bertz CT molecular complexity index is 1060. The van der Waals surface area contributed by atoms with Crippen molar-refractivity contribution in [3.05, 3.63) is 68.8 Å². The first-order valence-electron chi connectivity index (χ1n) is 8.63. The molecule has 0 aromatic heterocycles. The highest BCUT2D eigenvalue weighted by molar-refractivity contribution is 7.89. The van der Waals surface area contributed by atoms with Crippen molar-refractivity contribution in [2.24, 2.45) is 5.10 Å². The number of nitrogens with one attached hydrogen (secondary N) is 1. The molecule has 2 aromatic carbocycles. The largest absolute Gasteiger partial charge is 0.272 e. The number of amides is 1. The lowest BCUT2D eigenvalue weighted by atomic mass is 10.1. The van der Waals surface area contributed by atoms with Crippen LogP contribution in [0.2, 0.25) is 0 Å². The maximum absolute atomic E-state index is 12.9. The Labute approximate surface area is 169 Å². The fourth-order valence-electron chi connectivity index (χ4n) is 2.95. The van der Waals surface area contributed by atoms with E-state index in [2.05, 4.69) is 10.5 Å². The van der Waals surface area contributed by atoms with E-state index >= 15 is 0 Å². The minimum atomic E-state index is -3.86. The standard InChI is InChI=1S/C19H22N4O5S/c1-13-8-14(2)19(15(3)9-13)29(27,28)22(4)12-18(24)21-20-11-16-6-5-7-17(10-16)23(25)26/h5-11H,12H2,1-4H3,(H,21,24)/b20-11-. The van der Waals surface area contributed by atoms with Crippen LogP contribution in [0.3, 0.4) is 0 Å². The molecule has 0 fully saturated rings. The molecule has 9 nitrogen and oxygen atoms in total. The van der Waals surface area contributed by atoms with Crippen LogP contribution in [0.25, 0.3) is 0 Å². The molecule has 0 aliphatic carbocycles. The van der Waals surface area contributed by atoms with Crippen LogP contribution in [0, 0.1) is 30.9 Å². The molecule has 0 heterocycles. The summed E-state index contributed by atoms with van der Waals surface area (Å²) in [6.07, 6.45) is 1.24. The molecule has 29 heavy (non-hydrogen) atoms. The lowest BCUT2D eigenvalue weighted by Gasteiger charge is -2.19. The average Bonchev–Trinajstić information content (AvgIpc) is 2.60. The second-order valence-corrected chi connectivity index (χ2v) is 8.62. The van der Waals surface area contributed by atoms with Crippen molar-refractivity contribution in [3.63, 3.8) is 0 Å². The van der Waals surface area contributed by atoms with E-state index in [-0.39, 0.29) is 10.6 Å². The van der Waals surface area contributed by atoms with E-state index < -0.39 is 27.4 Å². The molecule has 154 valence electrons. The van der Waals surface area contributed by atoms with Crippen molar-refractivity contribution in [3.8, 4) is 0 Å². The van der Waals surface area contributed by atoms with Crippen molar-refractivity contribution in [1.29, 1.82) is 0 Å². The van der Waals surface area contributed by atoms with Crippen molar-refractivity contribution in [2.45, 2.75) is 25.7 Å². The molecule has 10 heteroatoms. The van der Waals surface area contributed by atoms with E-state index in [1.54, 1.807) is 32.0 Å². The quantitative estimate of drug-likeness (QED) is 0.420. The van der Waals surface area contributed by atoms with Crippen molar-refractivity contribution in [2.75, 3.05) is 13.6 Å². The molecule has 2 aromatic rings. The summed E-state index contributed by atoms with van der Waals surface area (Å²) in [6.45, 7) is 4.88. The molecule has 0 radical (unpaired) electrons. The summed E-state index contributed by atoms with van der Waals surface area (Å²) < 4.78 is 26.7. The van der Waals surface area contributed by atoms with Gasteiger partial charge in [-0.15, -0.1) is 0 Å². The van der Waals surface area contributed by atoms with E-state index in [1.165, 1.54) is 31.5 Å². The molecular formula is C19H22N4O5S. The van der Waals surface area contributed by atoms with Crippen LogP contribution in [0.4, 0.5) is 5.69 Å². The van der Waals surface area contributed by atoms with E-state index in [9.17, 15) is 23.3 Å². The summed E-state index contributed by atoms with van der Waals surface area (Å²) in [6, 6.07) is 9.27. The van der Waals surface area contributed by atoms with Crippen molar-refractivity contribution < 1.29 is 18.1 Å². The number of benzene rings is 2. The summed E-state index contributed by atoms with van der Waals surface area (Å²) in [5.74, 6) is -0.639. The summed E-state index contributed by atoms with van der Waals surface area (Å²) in [5, 5.41) is 14.5. The second kappa shape index (κ2) is 8.93. The first-order chi connectivity index (χ1) is 13.5. The number of hydrazone groups is 1. The summed E-state index contributed by atoms with van der Waals surface area (Å²) in [4.78, 5) is 22.5. The van der Waals surface area contributed by atoms with Crippen LogP contribution in [0.15, 0.2) is 46.4 Å². The summed E-state index contributed by atoms with van der Waals surface area (Å²) >= 11 is 0. The van der Waals surface area contributed by atoms with Gasteiger partial charge in [0, 0.05) is 24.7 Å². The van der Waals surface area contributed by atoms with Gasteiger partial charge in [0.1, 0.15) is 0 Å². The van der Waals surface area contributed by atoms with Gasteiger partial charge in [-0.05, 0) is 31.9 Å². The first kappa shape index (κ1) is 22.2. The molecule has 0 aliphatic heterocycles. The molecule has 0 aliphatic rings. The number of likely N-dealkylation sites (N-methyl/N-ethyl adjacent to an activating group) is 1. The molecular weight excluding hydrogens is 396 g/mol. The maximum atomic E-state index is 12.9. The molecule has 0 atom stereocenters. The number of sulfonamides is 1. The Kier molecular flexibility index (Phi) is 6.83. The third-order valence-corrected chi connectivity index (χ3v) is 6.23. The van der Waals surface area contributed by atoms with Gasteiger partial charge in [-0.25, -0.2) is 13.8 Å². The van der Waals surface area contributed by atoms with Crippen LogP contribution in [-0.4, -0.2) is 43.4 Å². The Balaban J connectivity index is 2.07. The molecule has 0 bridgehead atoms. The van der Waals surface area contributed by atoms with E-state index in [4.69, 9.17) is 0 Å². The van der Waals surface area contributed by atoms with E-state index in [0.717, 1.165) is 9.87 Å². The number of carbonyl (C=O) groups excluding carboxylic acids is 1. The van der Waals surface area contributed by atoms with Crippen LogP contribution in [0.1, 0.15) is 22.3 Å². The predicted octanol–water partition coefficient (Wildman–Crippen LogP) is 2.29. The number of carbonyl (C=O) groups is 1. The zero-order valence-corrected chi connectivity index (χ0v) is 17.4. The predicted molar refractivity (Wildman–Crippen MR) is 109 cm³/mol. The van der Waals surface area contributed by atoms with Gasteiger partial charge < -0.3 is 0 Å². The number of nitrogens with zero attached hydrogens (tertiary/aromatic N) is 3. The highest BCUT2D eigenvalue weighted by Crippen LogP contribution is 2.24. The lowest BCUT2D eigenvalue weighted by Crippen LogP contribution is -2.37. The van der Waals surface area contributed by atoms with Gasteiger partial charge in [-0.3, -0.25) is 14.9 Å². The third-order valence-electron chi connectivity index (χ3n) is 4.12. The van der Waals surface area contributed by atoms with Gasteiger partial charge in [0.25, 0.3) is 11.6 Å². The molecule has 1 N–H and O–H groups in total. The van der Waals surface area contributed by atoms with Gasteiger partial charge in [0.2, 0.25) is 10.0 Å². The topological polar surface area (TPSA) is 122 Å². The number of rotatable bonds is 7. The summed E-state index contributed by atoms with van der Waals surface area (Å²) in [7, 11) is -2.54. The second-order valence-electron chi connectivity index (χ2n) is 6.63. The third kappa shape index (κ3) is 5.46. The van der Waals surface area contributed by atoms with Crippen LogP contribution < -0.4 is 5.43 Å². The minimum absolute atomic E-state index is 0.102. The monoisotopic (exact) mass is 418 g/mol. The Morgan fingerprint density at radius 3 is 2.41 bits per heavy atom. The first-order valence-corrected chi connectivity index (χ1v) is 10.1. The smallest absolute Gasteiger partial charge is 0.270 e. The Hall–Kier alpha value is -3.11. The molecule has 0 unspecified atom stereocenters. The number of non-ortho nitro benzene ring substituents is 1. The SMILES string of the molecule is Cc1cc(C)c(S(=O)(=O)N(C)CC(=O)N/N=C\c2cccc([N+](=O)[O-])c2)c(C)c1. The number of nitro benzene ring substituents is 1. The zero-order chi connectivity index (χ0) is 21.8.